The first-order valence-corrected chi connectivity index (χ1v) is 9.96. The van der Waals surface area contributed by atoms with E-state index in [0.717, 1.165) is 37.7 Å². The zero-order chi connectivity index (χ0) is 18.1. The third-order valence-corrected chi connectivity index (χ3v) is 5.88. The van der Waals surface area contributed by atoms with Crippen LogP contribution in [0.15, 0.2) is 59.6 Å². The highest BCUT2D eigenvalue weighted by Crippen LogP contribution is 2.30. The van der Waals surface area contributed by atoms with Gasteiger partial charge in [0.15, 0.2) is 0 Å². The van der Waals surface area contributed by atoms with Crippen LogP contribution < -0.4 is 4.72 Å². The van der Waals surface area contributed by atoms with Gasteiger partial charge in [0.05, 0.1) is 11.4 Å². The van der Waals surface area contributed by atoms with E-state index >= 15 is 0 Å². The first-order valence-electron chi connectivity index (χ1n) is 8.47. The maximum absolute atomic E-state index is 13.9. The summed E-state index contributed by atoms with van der Waals surface area (Å²) in [6.45, 7) is 0.922. The Kier molecular flexibility index (Phi) is 4.24. The van der Waals surface area contributed by atoms with Crippen molar-refractivity contribution < 1.29 is 12.8 Å². The van der Waals surface area contributed by atoms with Gasteiger partial charge >= 0.3 is 0 Å². The van der Waals surface area contributed by atoms with Crippen molar-refractivity contribution in [3.05, 3.63) is 66.4 Å². The van der Waals surface area contributed by atoms with Gasteiger partial charge in [0, 0.05) is 24.7 Å². The molecule has 0 radical (unpaired) electrons. The number of hydrogen-bond acceptors (Lipinski definition) is 3. The van der Waals surface area contributed by atoms with Gasteiger partial charge in [0.2, 0.25) is 0 Å². The topological polar surface area (TPSA) is 64.0 Å². The zero-order valence-electron chi connectivity index (χ0n) is 14.0. The number of halogens is 1. The molecule has 0 amide bonds. The molecule has 5 nitrogen and oxygen atoms in total. The summed E-state index contributed by atoms with van der Waals surface area (Å²) in [6, 6.07) is 12.4. The van der Waals surface area contributed by atoms with E-state index in [0.29, 0.717) is 16.9 Å². The van der Waals surface area contributed by atoms with E-state index in [-0.39, 0.29) is 4.90 Å². The van der Waals surface area contributed by atoms with Crippen molar-refractivity contribution in [2.75, 3.05) is 4.72 Å². The van der Waals surface area contributed by atoms with Crippen LogP contribution in [0.3, 0.4) is 0 Å². The van der Waals surface area contributed by atoms with Crippen molar-refractivity contribution in [1.82, 2.24) is 9.55 Å². The summed E-state index contributed by atoms with van der Waals surface area (Å²) in [6.07, 6.45) is 5.09. The van der Waals surface area contributed by atoms with Gasteiger partial charge in [-0.2, -0.15) is 0 Å². The summed E-state index contributed by atoms with van der Waals surface area (Å²) in [7, 11) is -4.04. The number of rotatable bonds is 4. The van der Waals surface area contributed by atoms with Gasteiger partial charge < -0.3 is 4.57 Å². The summed E-state index contributed by atoms with van der Waals surface area (Å²) in [5, 5.41) is 0. The smallest absolute Gasteiger partial charge is 0.264 e. The van der Waals surface area contributed by atoms with Gasteiger partial charge in [0.25, 0.3) is 10.0 Å². The Hall–Kier alpha value is -2.67. The molecule has 0 fully saturated rings. The van der Waals surface area contributed by atoms with Crippen LogP contribution in [0.1, 0.15) is 18.7 Å². The van der Waals surface area contributed by atoms with Crippen LogP contribution in [-0.2, 0) is 23.0 Å². The fourth-order valence-corrected chi connectivity index (χ4v) is 4.36. The number of benzene rings is 2. The molecule has 3 aromatic rings. The lowest BCUT2D eigenvalue weighted by molar-refractivity contribution is 0.522. The molecule has 0 spiro atoms. The highest BCUT2D eigenvalue weighted by molar-refractivity contribution is 7.92. The lowest BCUT2D eigenvalue weighted by Crippen LogP contribution is -2.15. The molecule has 0 bridgehead atoms. The van der Waals surface area contributed by atoms with Crippen LogP contribution in [0.25, 0.3) is 11.3 Å². The van der Waals surface area contributed by atoms with Crippen LogP contribution in [0, 0.1) is 5.82 Å². The van der Waals surface area contributed by atoms with E-state index in [9.17, 15) is 12.8 Å². The Labute approximate surface area is 151 Å². The molecule has 0 saturated heterocycles. The molecule has 26 heavy (non-hydrogen) atoms. The maximum Gasteiger partial charge on any atom is 0.264 e. The Morgan fingerprint density at radius 1 is 1.04 bits per heavy atom. The molecule has 2 aromatic carbocycles. The Balaban J connectivity index is 1.73. The van der Waals surface area contributed by atoms with Crippen molar-refractivity contribution in [3.63, 3.8) is 0 Å². The monoisotopic (exact) mass is 371 g/mol. The van der Waals surface area contributed by atoms with Crippen molar-refractivity contribution in [2.45, 2.75) is 30.7 Å². The first kappa shape index (κ1) is 16.8. The number of anilines is 1. The van der Waals surface area contributed by atoms with Crippen LogP contribution in [-0.4, -0.2) is 18.0 Å². The van der Waals surface area contributed by atoms with Gasteiger partial charge in [-0.3, -0.25) is 4.72 Å². The van der Waals surface area contributed by atoms with Crippen molar-refractivity contribution in [1.29, 1.82) is 0 Å². The van der Waals surface area contributed by atoms with E-state index < -0.39 is 15.8 Å². The van der Waals surface area contributed by atoms with Crippen molar-refractivity contribution in [3.8, 4) is 11.3 Å². The molecule has 1 aromatic heterocycles. The van der Waals surface area contributed by atoms with E-state index in [2.05, 4.69) is 14.3 Å². The van der Waals surface area contributed by atoms with E-state index in [1.54, 1.807) is 12.1 Å². The summed E-state index contributed by atoms with van der Waals surface area (Å²) in [5.41, 5.74) is 1.77. The van der Waals surface area contributed by atoms with E-state index in [1.165, 1.54) is 18.2 Å². The fourth-order valence-electron chi connectivity index (χ4n) is 3.20. The first-order chi connectivity index (χ1) is 12.5. The van der Waals surface area contributed by atoms with E-state index in [1.807, 2.05) is 18.3 Å². The molecule has 0 saturated carbocycles. The number of hydrogen-bond donors (Lipinski definition) is 1. The molecule has 7 heteroatoms. The highest BCUT2D eigenvalue weighted by Gasteiger charge is 2.21. The minimum Gasteiger partial charge on any atom is -0.334 e. The second-order valence-corrected chi connectivity index (χ2v) is 7.93. The van der Waals surface area contributed by atoms with Gasteiger partial charge in [-0.05, 0) is 31.0 Å². The fraction of sp³-hybridized carbons (Fsp3) is 0.211. The average molecular weight is 371 g/mol. The van der Waals surface area contributed by atoms with Crippen LogP contribution in [0.2, 0.25) is 0 Å². The largest absolute Gasteiger partial charge is 0.334 e. The number of aromatic nitrogens is 2. The number of imidazole rings is 1. The normalized spacial score (nSPS) is 14.0. The van der Waals surface area contributed by atoms with Gasteiger partial charge in [-0.1, -0.05) is 30.3 Å². The molecule has 134 valence electrons. The summed E-state index contributed by atoms with van der Waals surface area (Å²) < 4.78 is 43.8. The Bertz CT molecular complexity index is 1040. The second kappa shape index (κ2) is 6.57. The number of fused-ring (bicyclic) bond motifs is 1. The SMILES string of the molecule is O=S(=O)(Nc1ccccc1-c1cn2c(n1)CCCC2)c1ccccc1F. The molecular weight excluding hydrogens is 353 g/mol. The molecule has 1 aliphatic rings. The predicted molar refractivity (Wildman–Crippen MR) is 97.8 cm³/mol. The molecule has 0 aliphatic carbocycles. The molecule has 0 unspecified atom stereocenters. The minimum atomic E-state index is -4.04. The highest BCUT2D eigenvalue weighted by atomic mass is 32.2. The van der Waals surface area contributed by atoms with Crippen LogP contribution in [0.5, 0.6) is 0 Å². The van der Waals surface area contributed by atoms with Gasteiger partial charge in [0.1, 0.15) is 16.5 Å². The molecule has 0 atom stereocenters. The number of aryl methyl sites for hydroxylation is 2. The minimum absolute atomic E-state index is 0.376. The quantitative estimate of drug-likeness (QED) is 0.758. The van der Waals surface area contributed by atoms with Crippen molar-refractivity contribution in [2.24, 2.45) is 0 Å². The van der Waals surface area contributed by atoms with Crippen LogP contribution in [0.4, 0.5) is 10.1 Å². The third-order valence-electron chi connectivity index (χ3n) is 4.48. The third kappa shape index (κ3) is 3.10. The maximum atomic E-state index is 13.9. The molecule has 4 rings (SSSR count). The molecule has 1 aliphatic heterocycles. The number of nitrogens with one attached hydrogen (secondary N) is 1. The van der Waals surface area contributed by atoms with Crippen molar-refractivity contribution >= 4 is 15.7 Å². The summed E-state index contributed by atoms with van der Waals surface area (Å²) >= 11 is 0. The number of sulfonamides is 1. The Morgan fingerprint density at radius 2 is 1.81 bits per heavy atom. The van der Waals surface area contributed by atoms with E-state index in [4.69, 9.17) is 0 Å². The van der Waals surface area contributed by atoms with Crippen LogP contribution >= 0.6 is 0 Å². The van der Waals surface area contributed by atoms with Gasteiger partial charge in [-0.25, -0.2) is 17.8 Å². The molecule has 2 heterocycles. The lowest BCUT2D eigenvalue weighted by Gasteiger charge is -2.12. The summed E-state index contributed by atoms with van der Waals surface area (Å²) in [5.74, 6) is 0.230. The summed E-state index contributed by atoms with van der Waals surface area (Å²) in [4.78, 5) is 4.28. The Morgan fingerprint density at radius 3 is 2.62 bits per heavy atom. The molecular formula is C19H18FN3O2S. The standard InChI is InChI=1S/C19H18FN3O2S/c20-15-8-2-4-10-18(15)26(24,25)22-16-9-3-1-7-14(16)17-13-23-12-6-5-11-19(23)21-17/h1-4,7-10,13,22H,5-6,11-12H2. The number of para-hydroxylation sites is 1. The predicted octanol–water partition coefficient (Wildman–Crippen LogP) is 3.83. The number of nitrogens with zero attached hydrogens (tertiary/aromatic N) is 2. The average Bonchev–Trinajstić information content (AvgIpc) is 3.06. The zero-order valence-corrected chi connectivity index (χ0v) is 14.8. The molecule has 1 N–H and O–H groups in total. The second-order valence-electron chi connectivity index (χ2n) is 6.27. The lowest BCUT2D eigenvalue weighted by atomic mass is 10.1. The van der Waals surface area contributed by atoms with Gasteiger partial charge in [-0.15, -0.1) is 0 Å².